The van der Waals surface area contributed by atoms with Gasteiger partial charge in [-0.3, -0.25) is 9.78 Å². The number of benzene rings is 1. The molecule has 5 heteroatoms. The molecule has 0 radical (unpaired) electrons. The highest BCUT2D eigenvalue weighted by Crippen LogP contribution is 2.25. The number of ether oxygens (including phenoxy) is 2. The topological polar surface area (TPSA) is 48.4 Å². The Morgan fingerprint density at radius 2 is 2.14 bits per heavy atom. The molecule has 0 spiro atoms. The first-order valence-electron chi connectivity index (χ1n) is 6.67. The summed E-state index contributed by atoms with van der Waals surface area (Å²) < 4.78 is 11.2. The van der Waals surface area contributed by atoms with Gasteiger partial charge in [0, 0.05) is 24.0 Å². The lowest BCUT2D eigenvalue weighted by molar-refractivity contribution is 0.111. The Bertz CT molecular complexity index is 616. The molecule has 0 aliphatic carbocycles. The molecule has 0 unspecified atom stereocenters. The molecule has 21 heavy (non-hydrogen) atoms. The Hall–Kier alpha value is -2.07. The summed E-state index contributed by atoms with van der Waals surface area (Å²) in [7, 11) is 0. The molecule has 0 amide bonds. The molecule has 4 nitrogen and oxygen atoms in total. The van der Waals surface area contributed by atoms with Crippen LogP contribution < -0.4 is 9.47 Å². The van der Waals surface area contributed by atoms with Crippen LogP contribution in [-0.4, -0.2) is 17.9 Å². The molecule has 1 aromatic carbocycles. The van der Waals surface area contributed by atoms with Crippen LogP contribution in [0.5, 0.6) is 11.5 Å². The number of rotatable bonds is 7. The lowest BCUT2D eigenvalue weighted by Crippen LogP contribution is -2.01. The van der Waals surface area contributed by atoms with Crippen LogP contribution in [-0.2, 0) is 6.61 Å². The molecule has 0 aliphatic heterocycles. The van der Waals surface area contributed by atoms with E-state index in [4.69, 9.17) is 21.1 Å². The van der Waals surface area contributed by atoms with Crippen LogP contribution in [0.1, 0.15) is 29.3 Å². The summed E-state index contributed by atoms with van der Waals surface area (Å²) in [5, 5.41) is 0.531. The van der Waals surface area contributed by atoms with Crippen LogP contribution in [0.25, 0.3) is 0 Å². The van der Waals surface area contributed by atoms with Crippen molar-refractivity contribution in [3.63, 3.8) is 0 Å². The predicted octanol–water partition coefficient (Wildman–Crippen LogP) is 3.92. The lowest BCUT2D eigenvalue weighted by atomic mass is 10.2. The molecule has 0 N–H and O–H groups in total. The zero-order chi connectivity index (χ0) is 15.1. The maximum atomic E-state index is 11.1. The Balaban J connectivity index is 2.13. The number of pyridine rings is 1. The second kappa shape index (κ2) is 7.64. The first-order valence-corrected chi connectivity index (χ1v) is 7.05. The van der Waals surface area contributed by atoms with E-state index >= 15 is 0 Å². The molecule has 0 aliphatic rings. The number of nitrogens with zero attached hydrogens (tertiary/aromatic N) is 1. The van der Waals surface area contributed by atoms with Gasteiger partial charge in [0.15, 0.2) is 6.29 Å². The van der Waals surface area contributed by atoms with Gasteiger partial charge in [-0.25, -0.2) is 0 Å². The van der Waals surface area contributed by atoms with Crippen LogP contribution in [0.15, 0.2) is 36.7 Å². The van der Waals surface area contributed by atoms with E-state index in [0.717, 1.165) is 18.3 Å². The van der Waals surface area contributed by atoms with Crippen molar-refractivity contribution >= 4 is 17.9 Å². The molecule has 0 saturated heterocycles. The number of hydrogen-bond donors (Lipinski definition) is 0. The second-order valence-corrected chi connectivity index (χ2v) is 4.83. The first-order chi connectivity index (χ1) is 10.2. The number of halogens is 1. The molecule has 110 valence electrons. The van der Waals surface area contributed by atoms with Crippen LogP contribution in [0.2, 0.25) is 5.02 Å². The minimum absolute atomic E-state index is 0.263. The fourth-order valence-corrected chi connectivity index (χ4v) is 1.90. The van der Waals surface area contributed by atoms with Crippen molar-refractivity contribution in [1.29, 1.82) is 0 Å². The quantitative estimate of drug-likeness (QED) is 0.728. The summed E-state index contributed by atoms with van der Waals surface area (Å²) in [5.41, 5.74) is 1.28. The lowest BCUT2D eigenvalue weighted by Gasteiger charge is -2.11. The number of carbonyl (C=O) groups excluding carboxylic acids is 1. The van der Waals surface area contributed by atoms with E-state index in [0.29, 0.717) is 28.7 Å². The van der Waals surface area contributed by atoms with Gasteiger partial charge in [0.2, 0.25) is 0 Å². The second-order valence-electron chi connectivity index (χ2n) is 4.42. The Labute approximate surface area is 128 Å². The van der Waals surface area contributed by atoms with Crippen molar-refractivity contribution in [2.75, 3.05) is 6.61 Å². The zero-order valence-corrected chi connectivity index (χ0v) is 12.5. The summed E-state index contributed by atoms with van der Waals surface area (Å²) in [4.78, 5) is 15.0. The SMILES string of the molecule is CCCOc1ccc(C=O)c(OCc2ccncc2Cl)c1. The van der Waals surface area contributed by atoms with E-state index < -0.39 is 0 Å². The van der Waals surface area contributed by atoms with Gasteiger partial charge in [-0.15, -0.1) is 0 Å². The predicted molar refractivity (Wildman–Crippen MR) is 81.2 cm³/mol. The molecule has 2 rings (SSSR count). The van der Waals surface area contributed by atoms with Crippen molar-refractivity contribution in [2.45, 2.75) is 20.0 Å². The van der Waals surface area contributed by atoms with E-state index in [-0.39, 0.29) is 6.61 Å². The largest absolute Gasteiger partial charge is 0.493 e. The van der Waals surface area contributed by atoms with Gasteiger partial charge in [0.1, 0.15) is 18.1 Å². The Morgan fingerprint density at radius 1 is 1.29 bits per heavy atom. The Morgan fingerprint density at radius 3 is 2.86 bits per heavy atom. The normalized spacial score (nSPS) is 10.2. The smallest absolute Gasteiger partial charge is 0.153 e. The molecule has 1 heterocycles. The van der Waals surface area contributed by atoms with Crippen molar-refractivity contribution in [1.82, 2.24) is 4.98 Å². The number of aromatic nitrogens is 1. The van der Waals surface area contributed by atoms with Crippen molar-refractivity contribution in [3.8, 4) is 11.5 Å². The third kappa shape index (κ3) is 4.20. The van der Waals surface area contributed by atoms with Gasteiger partial charge in [-0.2, -0.15) is 0 Å². The van der Waals surface area contributed by atoms with Crippen LogP contribution in [0.4, 0.5) is 0 Å². The van der Waals surface area contributed by atoms with E-state index in [9.17, 15) is 4.79 Å². The maximum absolute atomic E-state index is 11.1. The highest BCUT2D eigenvalue weighted by Gasteiger charge is 2.07. The van der Waals surface area contributed by atoms with Gasteiger partial charge in [-0.1, -0.05) is 18.5 Å². The number of carbonyl (C=O) groups is 1. The molecule has 0 fully saturated rings. The van der Waals surface area contributed by atoms with Gasteiger partial charge in [0.25, 0.3) is 0 Å². The van der Waals surface area contributed by atoms with Gasteiger partial charge in [0.05, 0.1) is 17.2 Å². The summed E-state index contributed by atoms with van der Waals surface area (Å²) in [5.74, 6) is 1.16. The monoisotopic (exact) mass is 305 g/mol. The van der Waals surface area contributed by atoms with E-state index in [2.05, 4.69) is 4.98 Å². The summed E-state index contributed by atoms with van der Waals surface area (Å²) >= 11 is 6.03. The summed E-state index contributed by atoms with van der Waals surface area (Å²) in [6.45, 7) is 2.91. The van der Waals surface area contributed by atoms with E-state index in [1.165, 1.54) is 0 Å². The van der Waals surface area contributed by atoms with Gasteiger partial charge in [-0.05, 0) is 24.6 Å². The van der Waals surface area contributed by atoms with Crippen molar-refractivity contribution in [2.24, 2.45) is 0 Å². The average molecular weight is 306 g/mol. The zero-order valence-electron chi connectivity index (χ0n) is 11.7. The van der Waals surface area contributed by atoms with Crippen molar-refractivity contribution in [3.05, 3.63) is 52.8 Å². The highest BCUT2D eigenvalue weighted by molar-refractivity contribution is 6.31. The summed E-state index contributed by atoms with van der Waals surface area (Å²) in [6, 6.07) is 6.93. The maximum Gasteiger partial charge on any atom is 0.153 e. The van der Waals surface area contributed by atoms with Crippen LogP contribution in [0, 0.1) is 0 Å². The third-order valence-electron chi connectivity index (χ3n) is 2.82. The fourth-order valence-electron chi connectivity index (χ4n) is 1.72. The Kier molecular flexibility index (Phi) is 5.58. The average Bonchev–Trinajstić information content (AvgIpc) is 2.52. The number of hydrogen-bond acceptors (Lipinski definition) is 4. The van der Waals surface area contributed by atoms with Crippen LogP contribution in [0.3, 0.4) is 0 Å². The van der Waals surface area contributed by atoms with E-state index in [1.807, 2.05) is 6.92 Å². The molecule has 0 atom stereocenters. The first kappa shape index (κ1) is 15.3. The molecule has 0 saturated carbocycles. The molecular weight excluding hydrogens is 290 g/mol. The minimum atomic E-state index is 0.263. The molecular formula is C16H16ClNO3. The van der Waals surface area contributed by atoms with E-state index in [1.54, 1.807) is 36.7 Å². The van der Waals surface area contributed by atoms with Gasteiger partial charge >= 0.3 is 0 Å². The summed E-state index contributed by atoms with van der Waals surface area (Å²) in [6.07, 6.45) is 4.87. The fraction of sp³-hybridized carbons (Fsp3) is 0.250. The van der Waals surface area contributed by atoms with Gasteiger partial charge < -0.3 is 9.47 Å². The molecule has 0 bridgehead atoms. The highest BCUT2D eigenvalue weighted by atomic mass is 35.5. The van der Waals surface area contributed by atoms with Crippen molar-refractivity contribution < 1.29 is 14.3 Å². The molecule has 1 aromatic heterocycles. The standard InChI is InChI=1S/C16H16ClNO3/c1-2-7-20-14-4-3-12(10-19)16(8-14)21-11-13-5-6-18-9-15(13)17/h3-6,8-10H,2,7,11H2,1H3. The number of aldehydes is 1. The molecule has 2 aromatic rings. The minimum Gasteiger partial charge on any atom is -0.493 e. The van der Waals surface area contributed by atoms with Crippen LogP contribution >= 0.6 is 11.6 Å². The third-order valence-corrected chi connectivity index (χ3v) is 3.16.